The van der Waals surface area contributed by atoms with Crippen molar-refractivity contribution in [3.63, 3.8) is 0 Å². The topological polar surface area (TPSA) is 119 Å². The summed E-state index contributed by atoms with van der Waals surface area (Å²) < 4.78 is 13.9. The van der Waals surface area contributed by atoms with Crippen molar-refractivity contribution in [2.75, 3.05) is 0 Å². The van der Waals surface area contributed by atoms with E-state index >= 15 is 0 Å². The maximum atomic E-state index is 13.9. The third kappa shape index (κ3) is 5.98. The standard InChI is InChI=1S/C30H30FN3O4/c31-21-11-9-19(10-12-21)27-24(14-13-22(35)16-23(36)17-26(37)38)29(20-7-8-20)32-30-28(27)25(33-34-30)15-6-18-4-2-1-3-5-18/h1-5,9-14,20,22-23,35-36H,6-8,15-17H2,(H,37,38)(H,32,33,34)/b14-13+. The lowest BCUT2D eigenvalue weighted by molar-refractivity contribution is -0.139. The van der Waals surface area contributed by atoms with Crippen LogP contribution in [0, 0.1) is 5.82 Å². The molecule has 0 bridgehead atoms. The number of fused-ring (bicyclic) bond motifs is 1. The second-order valence-corrected chi connectivity index (χ2v) is 9.87. The van der Waals surface area contributed by atoms with Gasteiger partial charge in [-0.15, -0.1) is 0 Å². The van der Waals surface area contributed by atoms with Gasteiger partial charge >= 0.3 is 5.97 Å². The fourth-order valence-corrected chi connectivity index (χ4v) is 4.85. The summed E-state index contributed by atoms with van der Waals surface area (Å²) in [6, 6.07) is 16.5. The van der Waals surface area contributed by atoms with E-state index in [1.54, 1.807) is 24.3 Å². The lowest BCUT2D eigenvalue weighted by Crippen LogP contribution is -2.19. The number of hydrogen-bond acceptors (Lipinski definition) is 5. The summed E-state index contributed by atoms with van der Waals surface area (Å²) in [5.74, 6) is -1.20. The van der Waals surface area contributed by atoms with Crippen LogP contribution in [0.2, 0.25) is 0 Å². The Bertz CT molecular complexity index is 1450. The molecular formula is C30H30FN3O4. The molecule has 8 heteroatoms. The molecule has 0 spiro atoms. The second kappa shape index (κ2) is 11.2. The number of nitrogens with one attached hydrogen (secondary N) is 1. The maximum Gasteiger partial charge on any atom is 0.305 e. The Kier molecular flexibility index (Phi) is 7.62. The van der Waals surface area contributed by atoms with Crippen molar-refractivity contribution in [2.45, 2.75) is 56.7 Å². The molecule has 4 N–H and O–H groups in total. The number of nitrogens with zero attached hydrogens (tertiary/aromatic N) is 2. The molecule has 2 atom stereocenters. The third-order valence-electron chi connectivity index (χ3n) is 6.86. The van der Waals surface area contributed by atoms with E-state index in [9.17, 15) is 19.4 Å². The van der Waals surface area contributed by atoms with E-state index in [1.165, 1.54) is 17.7 Å². The van der Waals surface area contributed by atoms with Gasteiger partial charge in [-0.1, -0.05) is 54.6 Å². The lowest BCUT2D eigenvalue weighted by atomic mass is 9.91. The largest absolute Gasteiger partial charge is 0.481 e. The van der Waals surface area contributed by atoms with E-state index in [1.807, 2.05) is 18.2 Å². The number of aromatic nitrogens is 3. The van der Waals surface area contributed by atoms with Crippen LogP contribution in [-0.4, -0.2) is 48.7 Å². The molecule has 2 unspecified atom stereocenters. The number of aliphatic carboxylic acids is 1. The van der Waals surface area contributed by atoms with Gasteiger partial charge < -0.3 is 15.3 Å². The molecule has 1 fully saturated rings. The van der Waals surface area contributed by atoms with Crippen LogP contribution in [0.15, 0.2) is 60.7 Å². The number of aromatic amines is 1. The zero-order valence-electron chi connectivity index (χ0n) is 20.8. The Morgan fingerprint density at radius 2 is 1.82 bits per heavy atom. The average molecular weight is 516 g/mol. The van der Waals surface area contributed by atoms with E-state index in [0.29, 0.717) is 12.1 Å². The van der Waals surface area contributed by atoms with Gasteiger partial charge in [-0.25, -0.2) is 9.37 Å². The molecule has 0 aliphatic heterocycles. The highest BCUT2D eigenvalue weighted by atomic mass is 19.1. The van der Waals surface area contributed by atoms with Crippen molar-refractivity contribution < 1.29 is 24.5 Å². The normalized spacial score (nSPS) is 15.2. The zero-order chi connectivity index (χ0) is 26.6. The van der Waals surface area contributed by atoms with Gasteiger partial charge in [0.1, 0.15) is 5.82 Å². The number of aliphatic hydroxyl groups is 2. The minimum absolute atomic E-state index is 0.100. The number of aryl methyl sites for hydroxylation is 2. The first kappa shape index (κ1) is 25.8. The fourth-order valence-electron chi connectivity index (χ4n) is 4.85. The molecule has 5 rings (SSSR count). The van der Waals surface area contributed by atoms with Crippen LogP contribution < -0.4 is 0 Å². The number of H-pyrrole nitrogens is 1. The van der Waals surface area contributed by atoms with Crippen LogP contribution in [0.25, 0.3) is 28.2 Å². The molecule has 0 radical (unpaired) electrons. The monoisotopic (exact) mass is 515 g/mol. The van der Waals surface area contributed by atoms with Crippen LogP contribution in [0.1, 0.15) is 54.1 Å². The summed E-state index contributed by atoms with van der Waals surface area (Å²) in [6.45, 7) is 0. The predicted octanol–water partition coefficient (Wildman–Crippen LogP) is 5.03. The van der Waals surface area contributed by atoms with Gasteiger partial charge in [0.05, 0.1) is 29.7 Å². The highest BCUT2D eigenvalue weighted by Gasteiger charge is 2.31. The SMILES string of the molecule is O=C(O)CC(O)CC(O)/C=C/c1c(C2CC2)nc2n[nH]c(CCc3ccccc3)c2c1-c1ccc(F)cc1. The first-order chi connectivity index (χ1) is 18.4. The van der Waals surface area contributed by atoms with E-state index < -0.39 is 24.6 Å². The fraction of sp³-hybridized carbons (Fsp3) is 0.300. The Morgan fingerprint density at radius 3 is 2.50 bits per heavy atom. The third-order valence-corrected chi connectivity index (χ3v) is 6.86. The van der Waals surface area contributed by atoms with Gasteiger partial charge in [0, 0.05) is 29.2 Å². The number of halogens is 1. The number of hydrogen-bond donors (Lipinski definition) is 4. The highest BCUT2D eigenvalue weighted by Crippen LogP contribution is 2.45. The van der Waals surface area contributed by atoms with Crippen LogP contribution >= 0.6 is 0 Å². The number of carbonyl (C=O) groups is 1. The molecular weight excluding hydrogens is 485 g/mol. The predicted molar refractivity (Wildman–Crippen MR) is 143 cm³/mol. The van der Waals surface area contributed by atoms with Crippen LogP contribution in [0.4, 0.5) is 4.39 Å². The molecule has 7 nitrogen and oxygen atoms in total. The molecule has 0 amide bonds. The summed E-state index contributed by atoms with van der Waals surface area (Å²) in [5, 5.41) is 38.0. The first-order valence-corrected chi connectivity index (χ1v) is 12.9. The summed E-state index contributed by atoms with van der Waals surface area (Å²) in [4.78, 5) is 15.8. The Hall–Kier alpha value is -3.88. The summed E-state index contributed by atoms with van der Waals surface area (Å²) in [7, 11) is 0. The van der Waals surface area contributed by atoms with Crippen molar-refractivity contribution in [3.05, 3.63) is 89.0 Å². The smallest absolute Gasteiger partial charge is 0.305 e. The molecule has 0 saturated heterocycles. The number of aliphatic hydroxyl groups excluding tert-OH is 2. The molecule has 4 aromatic rings. The van der Waals surface area contributed by atoms with Crippen molar-refractivity contribution in [3.8, 4) is 11.1 Å². The Balaban J connectivity index is 1.59. The van der Waals surface area contributed by atoms with Crippen molar-refractivity contribution in [2.24, 2.45) is 0 Å². The average Bonchev–Trinajstić information content (AvgIpc) is 3.66. The quantitative estimate of drug-likeness (QED) is 0.223. The van der Waals surface area contributed by atoms with E-state index in [0.717, 1.165) is 52.7 Å². The Labute approximate surface area is 219 Å². The summed E-state index contributed by atoms with van der Waals surface area (Å²) in [6.07, 6.45) is 4.11. The van der Waals surface area contributed by atoms with Crippen molar-refractivity contribution in [1.29, 1.82) is 0 Å². The lowest BCUT2D eigenvalue weighted by Gasteiger charge is -2.15. The van der Waals surface area contributed by atoms with Crippen LogP contribution in [-0.2, 0) is 17.6 Å². The van der Waals surface area contributed by atoms with Gasteiger partial charge in [-0.05, 0) is 48.9 Å². The minimum atomic E-state index is -1.16. The minimum Gasteiger partial charge on any atom is -0.481 e. The van der Waals surface area contributed by atoms with E-state index in [-0.39, 0.29) is 18.2 Å². The van der Waals surface area contributed by atoms with Crippen LogP contribution in [0.3, 0.4) is 0 Å². The molecule has 1 aliphatic rings. The van der Waals surface area contributed by atoms with Gasteiger partial charge in [0.15, 0.2) is 5.65 Å². The molecule has 1 aliphatic carbocycles. The zero-order valence-corrected chi connectivity index (χ0v) is 20.8. The highest BCUT2D eigenvalue weighted by molar-refractivity contribution is 5.99. The number of carboxylic acids is 1. The number of benzene rings is 2. The van der Waals surface area contributed by atoms with Crippen LogP contribution in [0.5, 0.6) is 0 Å². The number of pyridine rings is 1. The molecule has 196 valence electrons. The molecule has 1 saturated carbocycles. The molecule has 2 aromatic heterocycles. The second-order valence-electron chi connectivity index (χ2n) is 9.87. The summed E-state index contributed by atoms with van der Waals surface area (Å²) >= 11 is 0. The van der Waals surface area contributed by atoms with E-state index in [4.69, 9.17) is 10.1 Å². The molecule has 2 heterocycles. The maximum absolute atomic E-state index is 13.9. The van der Waals surface area contributed by atoms with Gasteiger partial charge in [0.2, 0.25) is 0 Å². The van der Waals surface area contributed by atoms with Gasteiger partial charge in [0.25, 0.3) is 0 Å². The van der Waals surface area contributed by atoms with Crippen molar-refractivity contribution >= 4 is 23.1 Å². The number of carboxylic acid groups (broad SMARTS) is 1. The van der Waals surface area contributed by atoms with Crippen molar-refractivity contribution in [1.82, 2.24) is 15.2 Å². The molecule has 2 aromatic carbocycles. The molecule has 38 heavy (non-hydrogen) atoms. The Morgan fingerprint density at radius 1 is 1.08 bits per heavy atom. The van der Waals surface area contributed by atoms with Gasteiger partial charge in [-0.2, -0.15) is 5.10 Å². The number of rotatable bonds is 11. The first-order valence-electron chi connectivity index (χ1n) is 12.9. The summed E-state index contributed by atoms with van der Waals surface area (Å²) in [5.41, 5.74) is 6.08. The van der Waals surface area contributed by atoms with Gasteiger partial charge in [-0.3, -0.25) is 9.89 Å². The van der Waals surface area contributed by atoms with E-state index in [2.05, 4.69) is 22.3 Å².